The first kappa shape index (κ1) is 18.8. The zero-order chi connectivity index (χ0) is 13.5. The maximum atomic E-state index is 3.70. The van der Waals surface area contributed by atoms with Crippen LogP contribution in [0, 0.1) is 0 Å². The molecule has 0 bridgehead atoms. The van der Waals surface area contributed by atoms with Gasteiger partial charge in [-0.3, -0.25) is 0 Å². The third-order valence-electron chi connectivity index (χ3n) is 3.52. The first-order chi connectivity index (χ1) is 8.81. The standard InChI is InChI=1S/C16H34N.Sn/c1-3-5-7-9-11-13-15-17-16-14-12-10-8-6-4-2;/h15,17H,3-14,16H2,1-2H3;. The molecule has 1 N–H and O–H groups in total. The van der Waals surface area contributed by atoms with Crippen molar-refractivity contribution < 1.29 is 0 Å². The van der Waals surface area contributed by atoms with Crippen LogP contribution in [0.15, 0.2) is 0 Å². The van der Waals surface area contributed by atoms with E-state index in [9.17, 15) is 0 Å². The Morgan fingerprint density at radius 1 is 0.722 bits per heavy atom. The summed E-state index contributed by atoms with van der Waals surface area (Å²) < 4.78 is 0.814. The minimum atomic E-state index is 0.814. The summed E-state index contributed by atoms with van der Waals surface area (Å²) in [6, 6.07) is 0. The van der Waals surface area contributed by atoms with Crippen LogP contribution in [0.2, 0.25) is 0 Å². The SMILES string of the molecule is CCCCCCCCN[CH]([Sn])CCCCCCC. The van der Waals surface area contributed by atoms with E-state index in [0.717, 1.165) is 4.06 Å². The van der Waals surface area contributed by atoms with E-state index < -0.39 is 0 Å². The molecule has 0 heterocycles. The van der Waals surface area contributed by atoms with Crippen molar-refractivity contribution >= 4 is 22.5 Å². The van der Waals surface area contributed by atoms with Gasteiger partial charge in [0.15, 0.2) is 0 Å². The molecule has 0 rings (SSSR count). The number of nitrogens with one attached hydrogen (secondary N) is 1. The first-order valence-corrected chi connectivity index (χ1v) is 9.90. The van der Waals surface area contributed by atoms with Crippen LogP contribution in [0.5, 0.6) is 0 Å². The Hall–Kier alpha value is 0.759. The van der Waals surface area contributed by atoms with Gasteiger partial charge in [0.25, 0.3) is 0 Å². The summed E-state index contributed by atoms with van der Waals surface area (Å²) >= 11 is 1.68. The van der Waals surface area contributed by atoms with Crippen LogP contribution in [0.25, 0.3) is 0 Å². The van der Waals surface area contributed by atoms with Crippen LogP contribution in [0.4, 0.5) is 0 Å². The average Bonchev–Trinajstić information content (AvgIpc) is 2.37. The Bertz CT molecular complexity index is 150. The minimum absolute atomic E-state index is 0.814. The predicted molar refractivity (Wildman–Crippen MR) is 84.3 cm³/mol. The fourth-order valence-electron chi connectivity index (χ4n) is 2.24. The molecule has 0 aromatic rings. The van der Waals surface area contributed by atoms with Crippen molar-refractivity contribution in [1.82, 2.24) is 5.32 Å². The molecule has 1 unspecified atom stereocenters. The van der Waals surface area contributed by atoms with Gasteiger partial charge in [-0.2, -0.15) is 0 Å². The Balaban J connectivity index is 3.09. The molecule has 1 nitrogen and oxygen atoms in total. The molecule has 0 aliphatic rings. The summed E-state index contributed by atoms with van der Waals surface area (Å²) in [4.78, 5) is 0. The maximum absolute atomic E-state index is 3.70. The summed E-state index contributed by atoms with van der Waals surface area (Å²) in [6.07, 6.45) is 17.0. The Morgan fingerprint density at radius 3 is 1.83 bits per heavy atom. The van der Waals surface area contributed by atoms with Gasteiger partial charge in [0.1, 0.15) is 0 Å². The summed E-state index contributed by atoms with van der Waals surface area (Å²) in [6.45, 7) is 5.82. The molecule has 0 amide bonds. The van der Waals surface area contributed by atoms with Gasteiger partial charge in [-0.15, -0.1) is 0 Å². The molecular weight excluding hydrogens is 325 g/mol. The molecule has 0 spiro atoms. The average molecular weight is 359 g/mol. The second-order valence-electron chi connectivity index (χ2n) is 5.48. The van der Waals surface area contributed by atoms with E-state index in [1.165, 1.54) is 83.6 Å². The number of rotatable bonds is 14. The third-order valence-corrected chi connectivity index (χ3v) is 4.92. The van der Waals surface area contributed by atoms with Crippen molar-refractivity contribution in [3.05, 3.63) is 0 Å². The van der Waals surface area contributed by atoms with Crippen LogP contribution in [-0.4, -0.2) is 33.1 Å². The number of hydrogen-bond donors (Lipinski definition) is 1. The molecule has 0 aliphatic heterocycles. The molecule has 0 aromatic heterocycles. The van der Waals surface area contributed by atoms with Gasteiger partial charge < -0.3 is 0 Å². The van der Waals surface area contributed by atoms with Gasteiger partial charge in [-0.1, -0.05) is 0 Å². The molecule has 1 atom stereocenters. The van der Waals surface area contributed by atoms with Crippen molar-refractivity contribution in [2.24, 2.45) is 0 Å². The molecule has 0 aromatic carbocycles. The Morgan fingerprint density at radius 2 is 1.22 bits per heavy atom. The van der Waals surface area contributed by atoms with Crippen LogP contribution in [0.1, 0.15) is 90.9 Å². The van der Waals surface area contributed by atoms with Crippen LogP contribution in [-0.2, 0) is 0 Å². The van der Waals surface area contributed by atoms with Crippen LogP contribution >= 0.6 is 0 Å². The van der Waals surface area contributed by atoms with Gasteiger partial charge >= 0.3 is 129 Å². The zero-order valence-corrected chi connectivity index (χ0v) is 15.6. The van der Waals surface area contributed by atoms with Gasteiger partial charge in [-0.25, -0.2) is 0 Å². The summed E-state index contributed by atoms with van der Waals surface area (Å²) in [7, 11) is 0. The monoisotopic (exact) mass is 360 g/mol. The van der Waals surface area contributed by atoms with E-state index in [2.05, 4.69) is 19.2 Å². The first-order valence-electron chi connectivity index (χ1n) is 8.25. The van der Waals surface area contributed by atoms with Crippen molar-refractivity contribution in [2.75, 3.05) is 6.54 Å². The normalized spacial score (nSPS) is 12.8. The van der Waals surface area contributed by atoms with Crippen LogP contribution in [0.3, 0.4) is 0 Å². The number of hydrogen-bond acceptors (Lipinski definition) is 1. The molecule has 2 heteroatoms. The zero-order valence-electron chi connectivity index (χ0n) is 12.8. The topological polar surface area (TPSA) is 12.0 Å². The summed E-state index contributed by atoms with van der Waals surface area (Å²) in [5, 5.41) is 3.70. The van der Waals surface area contributed by atoms with Crippen molar-refractivity contribution in [1.29, 1.82) is 0 Å². The molecule has 3 radical (unpaired) electrons. The van der Waals surface area contributed by atoms with Gasteiger partial charge in [0.05, 0.1) is 0 Å². The Labute approximate surface area is 129 Å². The second kappa shape index (κ2) is 15.8. The molecule has 0 saturated carbocycles. The fraction of sp³-hybridized carbons (Fsp3) is 1.00. The van der Waals surface area contributed by atoms with Crippen LogP contribution < -0.4 is 5.32 Å². The molecule has 107 valence electrons. The van der Waals surface area contributed by atoms with E-state index in [0.29, 0.717) is 0 Å². The summed E-state index contributed by atoms with van der Waals surface area (Å²) in [5.41, 5.74) is 0. The number of unbranched alkanes of at least 4 members (excludes halogenated alkanes) is 9. The van der Waals surface area contributed by atoms with E-state index in [4.69, 9.17) is 0 Å². The van der Waals surface area contributed by atoms with E-state index >= 15 is 0 Å². The van der Waals surface area contributed by atoms with Crippen molar-refractivity contribution in [3.8, 4) is 0 Å². The predicted octanol–water partition coefficient (Wildman–Crippen LogP) is 4.79. The quantitative estimate of drug-likeness (QED) is 0.347. The fourth-order valence-corrected chi connectivity index (χ4v) is 3.23. The molecule has 18 heavy (non-hydrogen) atoms. The molecule has 0 aliphatic carbocycles. The van der Waals surface area contributed by atoms with Crippen molar-refractivity contribution in [2.45, 2.75) is 95.0 Å². The Kier molecular flexibility index (Phi) is 16.5. The van der Waals surface area contributed by atoms with E-state index in [1.54, 1.807) is 22.5 Å². The van der Waals surface area contributed by atoms with Crippen molar-refractivity contribution in [3.63, 3.8) is 0 Å². The van der Waals surface area contributed by atoms with E-state index in [-0.39, 0.29) is 0 Å². The van der Waals surface area contributed by atoms with Gasteiger partial charge in [-0.05, 0) is 0 Å². The third kappa shape index (κ3) is 14.8. The molecular formula is C16H34NSn. The molecule has 0 saturated heterocycles. The second-order valence-corrected chi connectivity index (χ2v) is 7.47. The van der Waals surface area contributed by atoms with E-state index in [1.807, 2.05) is 0 Å². The van der Waals surface area contributed by atoms with Gasteiger partial charge in [0, 0.05) is 0 Å². The molecule has 0 fully saturated rings. The summed E-state index contributed by atoms with van der Waals surface area (Å²) in [5.74, 6) is 0. The van der Waals surface area contributed by atoms with Gasteiger partial charge in [0.2, 0.25) is 0 Å².